The third kappa shape index (κ3) is 1.48. The minimum Gasteiger partial charge on any atom is -0.0581 e. The van der Waals surface area contributed by atoms with Crippen LogP contribution in [0.2, 0.25) is 0 Å². The molecule has 0 fully saturated rings. The van der Waals surface area contributed by atoms with Crippen molar-refractivity contribution in [3.05, 3.63) is 57.6 Å². The smallest absolute Gasteiger partial charge is 0.00183 e. The first-order valence-electron chi connectivity index (χ1n) is 8.07. The molecule has 0 heteroatoms. The van der Waals surface area contributed by atoms with Crippen molar-refractivity contribution in [2.75, 3.05) is 0 Å². The van der Waals surface area contributed by atoms with E-state index in [2.05, 4.69) is 65.8 Å². The molecular formula is C22H22. The van der Waals surface area contributed by atoms with Gasteiger partial charge in [0, 0.05) is 0 Å². The molecule has 0 radical (unpaired) electrons. The van der Waals surface area contributed by atoms with Crippen LogP contribution >= 0.6 is 0 Å². The Morgan fingerprint density at radius 2 is 1.09 bits per heavy atom. The van der Waals surface area contributed by atoms with Gasteiger partial charge in [0.2, 0.25) is 0 Å². The molecule has 0 N–H and O–H groups in total. The van der Waals surface area contributed by atoms with E-state index in [0.717, 1.165) is 0 Å². The van der Waals surface area contributed by atoms with E-state index < -0.39 is 0 Å². The topological polar surface area (TPSA) is 0 Å². The average Bonchev–Trinajstić information content (AvgIpc) is 2.48. The lowest BCUT2D eigenvalue weighted by molar-refractivity contribution is 1.34. The first kappa shape index (κ1) is 13.6. The van der Waals surface area contributed by atoms with Gasteiger partial charge in [0.25, 0.3) is 0 Å². The van der Waals surface area contributed by atoms with Crippen molar-refractivity contribution in [1.82, 2.24) is 0 Å². The Balaban J connectivity index is 2.53. The number of hydrogen-bond donors (Lipinski definition) is 0. The van der Waals surface area contributed by atoms with Gasteiger partial charge in [0.05, 0.1) is 0 Å². The second kappa shape index (κ2) is 4.23. The largest absolute Gasteiger partial charge is 0.0581 e. The summed E-state index contributed by atoms with van der Waals surface area (Å²) in [6, 6.07) is 9.33. The van der Waals surface area contributed by atoms with Crippen LogP contribution in [-0.4, -0.2) is 0 Å². The molecule has 22 heavy (non-hydrogen) atoms. The molecule has 0 amide bonds. The summed E-state index contributed by atoms with van der Waals surface area (Å²) in [5, 5.41) is 8.66. The van der Waals surface area contributed by atoms with Gasteiger partial charge in [-0.2, -0.15) is 0 Å². The Bertz CT molecular complexity index is 1060. The highest BCUT2D eigenvalue weighted by molar-refractivity contribution is 6.26. The molecule has 4 aromatic carbocycles. The van der Waals surface area contributed by atoms with Crippen molar-refractivity contribution in [3.63, 3.8) is 0 Å². The molecule has 110 valence electrons. The SMILES string of the molecule is Cc1cc2c(C)cc3c(C)ccc4c(C)c(C)c(c1C)c2c34. The first-order valence-corrected chi connectivity index (χ1v) is 8.07. The Labute approximate surface area is 132 Å². The van der Waals surface area contributed by atoms with E-state index in [1.54, 1.807) is 0 Å². The Morgan fingerprint density at radius 3 is 1.82 bits per heavy atom. The number of rotatable bonds is 0. The van der Waals surface area contributed by atoms with Crippen molar-refractivity contribution in [3.8, 4) is 0 Å². The van der Waals surface area contributed by atoms with Gasteiger partial charge < -0.3 is 0 Å². The van der Waals surface area contributed by atoms with Crippen LogP contribution in [0.5, 0.6) is 0 Å². The van der Waals surface area contributed by atoms with Gasteiger partial charge in [-0.05, 0) is 107 Å². The van der Waals surface area contributed by atoms with Crippen molar-refractivity contribution in [2.24, 2.45) is 0 Å². The average molecular weight is 286 g/mol. The number of benzene rings is 4. The molecular weight excluding hydrogens is 264 g/mol. The maximum atomic E-state index is 2.38. The molecule has 4 aromatic rings. The van der Waals surface area contributed by atoms with Crippen LogP contribution < -0.4 is 0 Å². The number of hydrogen-bond acceptors (Lipinski definition) is 0. The zero-order valence-corrected chi connectivity index (χ0v) is 14.3. The van der Waals surface area contributed by atoms with Crippen molar-refractivity contribution < 1.29 is 0 Å². The molecule has 0 saturated heterocycles. The minimum absolute atomic E-state index is 1.38. The molecule has 0 bridgehead atoms. The summed E-state index contributed by atoms with van der Waals surface area (Å²) in [6.07, 6.45) is 0. The van der Waals surface area contributed by atoms with E-state index in [1.165, 1.54) is 65.7 Å². The van der Waals surface area contributed by atoms with Gasteiger partial charge in [0.1, 0.15) is 0 Å². The van der Waals surface area contributed by atoms with Crippen LogP contribution in [0.15, 0.2) is 24.3 Å². The van der Waals surface area contributed by atoms with Gasteiger partial charge in [-0.25, -0.2) is 0 Å². The molecule has 0 aliphatic rings. The monoisotopic (exact) mass is 286 g/mol. The second-order valence-corrected chi connectivity index (χ2v) is 6.91. The van der Waals surface area contributed by atoms with Crippen LogP contribution in [0.3, 0.4) is 0 Å². The van der Waals surface area contributed by atoms with Crippen LogP contribution in [0.25, 0.3) is 32.3 Å². The third-order valence-electron chi connectivity index (χ3n) is 5.69. The van der Waals surface area contributed by atoms with Crippen molar-refractivity contribution in [1.29, 1.82) is 0 Å². The predicted octanol–water partition coefficient (Wildman–Crippen LogP) is 6.43. The fourth-order valence-corrected chi connectivity index (χ4v) is 4.13. The number of aryl methyl sites for hydroxylation is 6. The molecule has 0 nitrogen and oxygen atoms in total. The maximum Gasteiger partial charge on any atom is -0.00183 e. The molecule has 4 rings (SSSR count). The quantitative estimate of drug-likeness (QED) is 0.326. The fourth-order valence-electron chi connectivity index (χ4n) is 4.13. The first-order chi connectivity index (χ1) is 10.4. The summed E-state index contributed by atoms with van der Waals surface area (Å²) < 4.78 is 0. The van der Waals surface area contributed by atoms with Crippen molar-refractivity contribution in [2.45, 2.75) is 41.5 Å². The Morgan fingerprint density at radius 1 is 0.455 bits per heavy atom. The summed E-state index contributed by atoms with van der Waals surface area (Å²) in [5.74, 6) is 0. The lowest BCUT2D eigenvalue weighted by atomic mass is 9.83. The van der Waals surface area contributed by atoms with E-state index in [1.807, 2.05) is 0 Å². The van der Waals surface area contributed by atoms with E-state index in [-0.39, 0.29) is 0 Å². The van der Waals surface area contributed by atoms with E-state index >= 15 is 0 Å². The molecule has 0 saturated carbocycles. The highest BCUT2D eigenvalue weighted by atomic mass is 14.2. The van der Waals surface area contributed by atoms with Gasteiger partial charge in [0.15, 0.2) is 0 Å². The summed E-state index contributed by atoms with van der Waals surface area (Å²) >= 11 is 0. The van der Waals surface area contributed by atoms with Gasteiger partial charge in [-0.1, -0.05) is 24.3 Å². The summed E-state index contributed by atoms with van der Waals surface area (Å²) in [7, 11) is 0. The zero-order valence-electron chi connectivity index (χ0n) is 14.3. The van der Waals surface area contributed by atoms with Crippen LogP contribution in [0.4, 0.5) is 0 Å². The highest BCUT2D eigenvalue weighted by Gasteiger charge is 2.18. The Hall–Kier alpha value is -2.08. The fraction of sp³-hybridized carbons (Fsp3) is 0.273. The summed E-state index contributed by atoms with van der Waals surface area (Å²) in [6.45, 7) is 13.5. The molecule has 0 aromatic heterocycles. The molecule has 0 aliphatic carbocycles. The second-order valence-electron chi connectivity index (χ2n) is 6.91. The van der Waals surface area contributed by atoms with Crippen LogP contribution in [0, 0.1) is 41.5 Å². The summed E-state index contributed by atoms with van der Waals surface area (Å²) in [5.41, 5.74) is 8.46. The van der Waals surface area contributed by atoms with Crippen LogP contribution in [-0.2, 0) is 0 Å². The highest BCUT2D eigenvalue weighted by Crippen LogP contribution is 2.43. The zero-order chi connectivity index (χ0) is 15.8. The minimum atomic E-state index is 1.38. The van der Waals surface area contributed by atoms with Gasteiger partial charge in [-0.3, -0.25) is 0 Å². The molecule has 0 atom stereocenters. The molecule has 0 aliphatic heterocycles. The van der Waals surface area contributed by atoms with Gasteiger partial charge >= 0.3 is 0 Å². The van der Waals surface area contributed by atoms with Crippen LogP contribution in [0.1, 0.15) is 33.4 Å². The molecule has 0 unspecified atom stereocenters. The standard InChI is InChI=1S/C22H22/c1-11-7-8-17-15(5)16(6)20-14(4)12(2)9-19-13(3)10-18(11)21(17)22(19)20/h7-10H,1-6H3. The lowest BCUT2D eigenvalue weighted by Gasteiger charge is -2.21. The Kier molecular flexibility index (Phi) is 2.61. The molecule has 0 heterocycles. The summed E-state index contributed by atoms with van der Waals surface area (Å²) in [4.78, 5) is 0. The van der Waals surface area contributed by atoms with Gasteiger partial charge in [-0.15, -0.1) is 0 Å². The van der Waals surface area contributed by atoms with Crippen molar-refractivity contribution >= 4 is 32.3 Å². The van der Waals surface area contributed by atoms with E-state index in [9.17, 15) is 0 Å². The third-order valence-corrected chi connectivity index (χ3v) is 5.69. The van der Waals surface area contributed by atoms with E-state index in [4.69, 9.17) is 0 Å². The van der Waals surface area contributed by atoms with E-state index in [0.29, 0.717) is 0 Å². The maximum absolute atomic E-state index is 2.38. The predicted molar refractivity (Wildman–Crippen MR) is 98.6 cm³/mol. The normalized spacial score (nSPS) is 12.1. The molecule has 0 spiro atoms. The lowest BCUT2D eigenvalue weighted by Crippen LogP contribution is -1.97.